The van der Waals surface area contributed by atoms with Crippen LogP contribution in [-0.4, -0.2) is 23.1 Å². The number of thiocarbonyl (C=S) groups is 1. The van der Waals surface area contributed by atoms with Crippen LogP contribution in [0.5, 0.6) is 0 Å². The second-order valence-electron chi connectivity index (χ2n) is 4.72. The summed E-state index contributed by atoms with van der Waals surface area (Å²) >= 11 is 4.72. The number of carbonyl (C=O) groups excluding carboxylic acids is 1. The minimum absolute atomic E-state index is 0.0169. The van der Waals surface area contributed by atoms with E-state index in [9.17, 15) is 18.0 Å². The summed E-state index contributed by atoms with van der Waals surface area (Å²) in [4.78, 5) is 11.9. The van der Waals surface area contributed by atoms with E-state index in [1.165, 1.54) is 0 Å². The van der Waals surface area contributed by atoms with Gasteiger partial charge in [-0.3, -0.25) is 4.79 Å². The van der Waals surface area contributed by atoms with Crippen molar-refractivity contribution >= 4 is 23.1 Å². The maximum absolute atomic E-state index is 12.5. The Morgan fingerprint density at radius 2 is 1.83 bits per heavy atom. The summed E-state index contributed by atoms with van der Waals surface area (Å²) in [6.45, 7) is 1.65. The predicted octanol–water partition coefficient (Wildman–Crippen LogP) is 2.15. The summed E-state index contributed by atoms with van der Waals surface area (Å²) in [6.07, 6.45) is -3.58. The molecule has 1 fully saturated rings. The SMILES string of the molecule is CC(NC(=O)C1CCC(C(F)(F)F)CC1)C(N)=S. The van der Waals surface area contributed by atoms with Gasteiger partial charge in [-0.1, -0.05) is 12.2 Å². The van der Waals surface area contributed by atoms with Crippen LogP contribution in [0.15, 0.2) is 0 Å². The number of nitrogens with two attached hydrogens (primary N) is 1. The molecular formula is C11H17F3N2OS. The lowest BCUT2D eigenvalue weighted by Gasteiger charge is -2.29. The van der Waals surface area contributed by atoms with Gasteiger partial charge >= 0.3 is 6.18 Å². The Kier molecular flexibility index (Phi) is 4.95. The van der Waals surface area contributed by atoms with E-state index >= 15 is 0 Å². The van der Waals surface area contributed by atoms with Gasteiger partial charge in [0.1, 0.15) is 0 Å². The first-order chi connectivity index (χ1) is 8.21. The summed E-state index contributed by atoms with van der Waals surface area (Å²) in [7, 11) is 0. The molecule has 3 nitrogen and oxygen atoms in total. The molecule has 1 atom stereocenters. The molecule has 3 N–H and O–H groups in total. The normalized spacial score (nSPS) is 26.4. The average molecular weight is 282 g/mol. The summed E-state index contributed by atoms with van der Waals surface area (Å²) in [5.74, 6) is -1.88. The molecule has 1 amide bonds. The van der Waals surface area contributed by atoms with Crippen LogP contribution in [0.3, 0.4) is 0 Å². The number of carbonyl (C=O) groups is 1. The highest BCUT2D eigenvalue weighted by Crippen LogP contribution is 2.39. The number of rotatable bonds is 3. The zero-order valence-corrected chi connectivity index (χ0v) is 10.9. The van der Waals surface area contributed by atoms with Gasteiger partial charge in [0.25, 0.3) is 0 Å². The molecule has 0 saturated heterocycles. The van der Waals surface area contributed by atoms with Crippen molar-refractivity contribution in [3.05, 3.63) is 0 Å². The molecule has 1 aliphatic carbocycles. The van der Waals surface area contributed by atoms with E-state index < -0.39 is 18.1 Å². The van der Waals surface area contributed by atoms with Crippen molar-refractivity contribution in [1.29, 1.82) is 0 Å². The number of hydrogen-bond acceptors (Lipinski definition) is 2. The van der Waals surface area contributed by atoms with E-state index in [-0.39, 0.29) is 42.5 Å². The quantitative estimate of drug-likeness (QED) is 0.780. The van der Waals surface area contributed by atoms with Gasteiger partial charge in [-0.2, -0.15) is 13.2 Å². The van der Waals surface area contributed by atoms with E-state index in [0.29, 0.717) is 0 Å². The molecule has 0 aromatic carbocycles. The first-order valence-corrected chi connectivity index (χ1v) is 6.29. The van der Waals surface area contributed by atoms with Crippen LogP contribution in [0, 0.1) is 11.8 Å². The molecule has 0 aromatic heterocycles. The van der Waals surface area contributed by atoms with Crippen molar-refractivity contribution in [3.8, 4) is 0 Å². The molecule has 1 unspecified atom stereocenters. The Balaban J connectivity index is 2.43. The minimum Gasteiger partial charge on any atom is -0.392 e. The second-order valence-corrected chi connectivity index (χ2v) is 5.19. The highest BCUT2D eigenvalue weighted by molar-refractivity contribution is 7.80. The third-order valence-electron chi connectivity index (χ3n) is 3.35. The van der Waals surface area contributed by atoms with Crippen molar-refractivity contribution in [2.24, 2.45) is 17.6 Å². The third-order valence-corrected chi connectivity index (χ3v) is 3.70. The van der Waals surface area contributed by atoms with Crippen LogP contribution in [0.4, 0.5) is 13.2 Å². The zero-order chi connectivity index (χ0) is 13.9. The second kappa shape index (κ2) is 5.86. The number of amides is 1. The summed E-state index contributed by atoms with van der Waals surface area (Å²) in [5, 5.41) is 2.62. The molecule has 1 saturated carbocycles. The molecule has 1 aliphatic rings. The molecular weight excluding hydrogens is 265 g/mol. The smallest absolute Gasteiger partial charge is 0.391 e. The van der Waals surface area contributed by atoms with Gasteiger partial charge in [-0.05, 0) is 32.6 Å². The molecule has 0 aliphatic heterocycles. The highest BCUT2D eigenvalue weighted by Gasteiger charge is 2.42. The predicted molar refractivity (Wildman–Crippen MR) is 65.9 cm³/mol. The lowest BCUT2D eigenvalue weighted by molar-refractivity contribution is -0.184. The van der Waals surface area contributed by atoms with Gasteiger partial charge in [0.05, 0.1) is 16.9 Å². The Hall–Kier alpha value is -0.850. The number of alkyl halides is 3. The third kappa shape index (κ3) is 4.12. The average Bonchev–Trinajstić information content (AvgIpc) is 2.27. The lowest BCUT2D eigenvalue weighted by atomic mass is 9.81. The van der Waals surface area contributed by atoms with Crippen LogP contribution in [0.2, 0.25) is 0 Å². The lowest BCUT2D eigenvalue weighted by Crippen LogP contribution is -2.45. The molecule has 0 spiro atoms. The summed E-state index contributed by atoms with van der Waals surface area (Å²) in [6, 6.07) is -0.423. The number of nitrogens with one attached hydrogen (secondary N) is 1. The van der Waals surface area contributed by atoms with Crippen molar-refractivity contribution < 1.29 is 18.0 Å². The van der Waals surface area contributed by atoms with E-state index in [1.807, 2.05) is 0 Å². The van der Waals surface area contributed by atoms with E-state index in [1.54, 1.807) is 6.92 Å². The van der Waals surface area contributed by atoms with E-state index in [2.05, 4.69) is 5.32 Å². The van der Waals surface area contributed by atoms with Crippen molar-refractivity contribution in [2.45, 2.75) is 44.8 Å². The fourth-order valence-electron chi connectivity index (χ4n) is 2.09. The highest BCUT2D eigenvalue weighted by atomic mass is 32.1. The van der Waals surface area contributed by atoms with Gasteiger partial charge in [0, 0.05) is 5.92 Å². The van der Waals surface area contributed by atoms with Gasteiger partial charge in [-0.25, -0.2) is 0 Å². The van der Waals surface area contributed by atoms with Crippen LogP contribution in [-0.2, 0) is 4.79 Å². The fourth-order valence-corrected chi connectivity index (χ4v) is 2.14. The van der Waals surface area contributed by atoms with Gasteiger partial charge in [0.15, 0.2) is 0 Å². The van der Waals surface area contributed by atoms with Gasteiger partial charge < -0.3 is 11.1 Å². The zero-order valence-electron chi connectivity index (χ0n) is 10.1. The molecule has 0 heterocycles. The Morgan fingerprint density at radius 3 is 2.22 bits per heavy atom. The monoisotopic (exact) mass is 282 g/mol. The maximum Gasteiger partial charge on any atom is 0.391 e. The van der Waals surface area contributed by atoms with Crippen LogP contribution >= 0.6 is 12.2 Å². The molecule has 0 bridgehead atoms. The van der Waals surface area contributed by atoms with Crippen LogP contribution in [0.25, 0.3) is 0 Å². The summed E-state index contributed by atoms with van der Waals surface area (Å²) in [5.41, 5.74) is 5.36. The largest absolute Gasteiger partial charge is 0.392 e. The summed E-state index contributed by atoms with van der Waals surface area (Å²) < 4.78 is 37.4. The Labute approximate surface area is 109 Å². The molecule has 0 aromatic rings. The van der Waals surface area contributed by atoms with Crippen molar-refractivity contribution in [3.63, 3.8) is 0 Å². The molecule has 1 rings (SSSR count). The van der Waals surface area contributed by atoms with E-state index in [0.717, 1.165) is 0 Å². The van der Waals surface area contributed by atoms with E-state index in [4.69, 9.17) is 18.0 Å². The first kappa shape index (κ1) is 15.2. The number of halogens is 3. The molecule has 104 valence electrons. The molecule has 7 heteroatoms. The van der Waals surface area contributed by atoms with Crippen molar-refractivity contribution in [2.75, 3.05) is 0 Å². The molecule has 18 heavy (non-hydrogen) atoms. The van der Waals surface area contributed by atoms with Gasteiger partial charge in [-0.15, -0.1) is 0 Å². The number of hydrogen-bond donors (Lipinski definition) is 2. The fraction of sp³-hybridized carbons (Fsp3) is 0.818. The van der Waals surface area contributed by atoms with Gasteiger partial charge in [0.2, 0.25) is 5.91 Å². The standard InChI is InChI=1S/C11H17F3N2OS/c1-6(9(15)18)16-10(17)7-2-4-8(5-3-7)11(12,13)14/h6-8H,2-5H2,1H3,(H2,15,18)(H,16,17). The van der Waals surface area contributed by atoms with Crippen LogP contribution in [0.1, 0.15) is 32.6 Å². The first-order valence-electron chi connectivity index (χ1n) is 5.88. The van der Waals surface area contributed by atoms with Crippen LogP contribution < -0.4 is 11.1 Å². The minimum atomic E-state index is -4.15. The molecule has 0 radical (unpaired) electrons. The Morgan fingerprint density at radius 1 is 1.33 bits per heavy atom. The maximum atomic E-state index is 12.5. The topological polar surface area (TPSA) is 55.1 Å². The van der Waals surface area contributed by atoms with Crippen molar-refractivity contribution in [1.82, 2.24) is 5.32 Å². The Bertz CT molecular complexity index is 325.